The van der Waals surface area contributed by atoms with Gasteiger partial charge in [0.05, 0.1) is 12.2 Å². The van der Waals surface area contributed by atoms with Crippen LogP contribution >= 0.6 is 0 Å². The predicted molar refractivity (Wildman–Crippen MR) is 260 cm³/mol. The topological polar surface area (TPSA) is 180 Å². The first-order chi connectivity index (χ1) is 34.2. The van der Waals surface area contributed by atoms with Gasteiger partial charge in [-0.1, -0.05) is 12.8 Å². The molecule has 4 N–H and O–H groups in total. The molecule has 3 heterocycles. The van der Waals surface area contributed by atoms with Crippen LogP contribution in [0.1, 0.15) is 64.2 Å². The van der Waals surface area contributed by atoms with Crippen molar-refractivity contribution >= 4 is 11.4 Å². The summed E-state index contributed by atoms with van der Waals surface area (Å²) in [5, 5.41) is 44.4. The molecule has 2 saturated carbocycles. The van der Waals surface area contributed by atoms with E-state index in [1.54, 1.807) is 24.3 Å². The molecule has 5 fully saturated rings. The first kappa shape index (κ1) is 49.9. The summed E-state index contributed by atoms with van der Waals surface area (Å²) in [5.41, 5.74) is 2.13. The summed E-state index contributed by atoms with van der Waals surface area (Å²) in [5.74, 6) is 3.76. The molecule has 0 spiro atoms. The molecule has 380 valence electrons. The number of aliphatic hydroxyl groups excluding tert-OH is 4. The van der Waals surface area contributed by atoms with Crippen LogP contribution in [0.2, 0.25) is 0 Å². The summed E-state index contributed by atoms with van der Waals surface area (Å²) < 4.78 is 59.7. The molecule has 0 unspecified atom stereocenters. The van der Waals surface area contributed by atoms with Gasteiger partial charge in [0, 0.05) is 51.8 Å². The van der Waals surface area contributed by atoms with Gasteiger partial charge < -0.3 is 77.6 Å². The third-order valence-electron chi connectivity index (χ3n) is 14.2. The monoisotopic (exact) mass is 970 g/mol. The molecule has 3 saturated heterocycles. The molecule has 16 heteroatoms. The van der Waals surface area contributed by atoms with Crippen LogP contribution in [0.4, 0.5) is 11.4 Å². The number of piperazine rings is 1. The Morgan fingerprint density at radius 1 is 0.414 bits per heavy atom. The van der Waals surface area contributed by atoms with Crippen LogP contribution in [-0.2, 0) is 18.9 Å². The third kappa shape index (κ3) is 12.5. The van der Waals surface area contributed by atoms with Gasteiger partial charge in [0.2, 0.25) is 0 Å². The lowest BCUT2D eigenvalue weighted by Crippen LogP contribution is -2.61. The molecule has 4 aromatic carbocycles. The van der Waals surface area contributed by atoms with Crippen LogP contribution in [0.15, 0.2) is 97.1 Å². The van der Waals surface area contributed by atoms with E-state index in [2.05, 4.69) is 9.80 Å². The molecule has 0 radical (unpaired) electrons. The van der Waals surface area contributed by atoms with E-state index in [1.165, 1.54) is 52.7 Å². The number of anilines is 2. The average Bonchev–Trinajstić information content (AvgIpc) is 3.40. The van der Waals surface area contributed by atoms with Gasteiger partial charge in [-0.15, -0.1) is 0 Å². The van der Waals surface area contributed by atoms with Gasteiger partial charge in [-0.25, -0.2) is 0 Å². The Kier molecular flexibility index (Phi) is 17.1. The Balaban J connectivity index is 0.690. The Morgan fingerprint density at radius 3 is 1.06 bits per heavy atom. The number of aliphatic hydroxyl groups is 4. The van der Waals surface area contributed by atoms with Crippen LogP contribution in [0.5, 0.6) is 34.5 Å². The van der Waals surface area contributed by atoms with Crippen molar-refractivity contribution in [2.45, 2.75) is 138 Å². The lowest BCUT2D eigenvalue weighted by atomic mass is 9.98. The van der Waals surface area contributed by atoms with Crippen molar-refractivity contribution in [3.8, 4) is 34.5 Å². The lowest BCUT2D eigenvalue weighted by Gasteiger charge is -2.41. The number of methoxy groups -OCH3 is 2. The Hall–Kier alpha value is -5.04. The summed E-state index contributed by atoms with van der Waals surface area (Å²) in [6, 6.07) is 30.2. The molecule has 5 aliphatic rings. The quantitative estimate of drug-likeness (QED) is 0.0875. The highest BCUT2D eigenvalue weighted by molar-refractivity contribution is 5.54. The maximum absolute atomic E-state index is 11.1. The SMILES string of the molecule is CO[C@H]1O[C@H](COc2ccc(N3CCN(c4ccc(OC[C@H]5O[C@H](OC)[C@H](Oc6ccc(OC7CCCCC7)cc6)[C@@H](O)[C@@H]5O)cc4)CC3)cc2)[C@@H](O)[C@H](O)[C@H]1Oc1ccc(OC2CCCCC2)cc1. The summed E-state index contributed by atoms with van der Waals surface area (Å²) >= 11 is 0. The van der Waals surface area contributed by atoms with E-state index >= 15 is 0 Å². The normalized spacial score (nSPS) is 29.0. The van der Waals surface area contributed by atoms with E-state index < -0.39 is 61.4 Å². The highest BCUT2D eigenvalue weighted by Gasteiger charge is 2.48. The first-order valence-electron chi connectivity index (χ1n) is 25.1. The van der Waals surface area contributed by atoms with Crippen molar-refractivity contribution in [1.29, 1.82) is 0 Å². The molecule has 9 rings (SSSR count). The molecular formula is C54H70N2O14. The zero-order valence-electron chi connectivity index (χ0n) is 40.2. The van der Waals surface area contributed by atoms with Gasteiger partial charge in [-0.2, -0.15) is 0 Å². The predicted octanol–water partition coefficient (Wildman–Crippen LogP) is 6.28. The fourth-order valence-electron chi connectivity index (χ4n) is 10.1. The Morgan fingerprint density at radius 2 is 0.729 bits per heavy atom. The standard InChI is InChI=1S/C54H70N2O14/c1-61-53-51(67-43-25-21-41(22-26-43)65-39-9-5-3-6-10-39)49(59)47(57)45(69-53)33-63-37-17-13-35(14-18-37)55-29-31-56(32-30-55)36-15-19-38(20-16-36)64-34-46-48(58)50(60)52(54(62-2)70-46)68-44-27-23-42(24-28-44)66-40-11-7-4-8-12-40/h13-28,39-40,45-54,57-60H,3-12,29-34H2,1-2H3/t45-,46-,47-,48-,49+,50+,51-,52-,53+,54+/m1/s1. The second kappa shape index (κ2) is 23.9. The molecule has 0 aromatic heterocycles. The zero-order chi connectivity index (χ0) is 48.4. The largest absolute Gasteiger partial charge is 0.491 e. The van der Waals surface area contributed by atoms with Gasteiger partial charge >= 0.3 is 0 Å². The molecule has 0 bridgehead atoms. The number of nitrogens with zero attached hydrogens (tertiary/aromatic N) is 2. The highest BCUT2D eigenvalue weighted by Crippen LogP contribution is 2.33. The van der Waals surface area contributed by atoms with E-state index in [1.807, 2.05) is 72.8 Å². The van der Waals surface area contributed by atoms with Crippen LogP contribution in [-0.4, -0.2) is 148 Å². The minimum Gasteiger partial charge on any atom is -0.491 e. The number of hydrogen-bond acceptors (Lipinski definition) is 16. The molecule has 3 aliphatic heterocycles. The maximum Gasteiger partial charge on any atom is 0.197 e. The van der Waals surface area contributed by atoms with Crippen molar-refractivity contribution < 1.29 is 67.8 Å². The van der Waals surface area contributed by atoms with E-state index in [0.717, 1.165) is 74.7 Å². The second-order valence-electron chi connectivity index (χ2n) is 19.0. The van der Waals surface area contributed by atoms with E-state index in [-0.39, 0.29) is 25.4 Å². The van der Waals surface area contributed by atoms with Crippen LogP contribution in [0.3, 0.4) is 0 Å². The summed E-state index contributed by atoms with van der Waals surface area (Å²) in [6.07, 6.45) is 1.37. The lowest BCUT2D eigenvalue weighted by molar-refractivity contribution is -0.287. The van der Waals surface area contributed by atoms with Gasteiger partial charge in [-0.05, 0) is 148 Å². The summed E-state index contributed by atoms with van der Waals surface area (Å²) in [6.45, 7) is 3.23. The first-order valence-corrected chi connectivity index (χ1v) is 25.1. The number of ether oxygens (including phenoxy) is 10. The van der Waals surface area contributed by atoms with Crippen molar-refractivity contribution in [3.63, 3.8) is 0 Å². The molecule has 4 aromatic rings. The van der Waals surface area contributed by atoms with Crippen LogP contribution < -0.4 is 38.2 Å². The molecular weight excluding hydrogens is 901 g/mol. The fourth-order valence-corrected chi connectivity index (χ4v) is 10.1. The number of benzene rings is 4. The van der Waals surface area contributed by atoms with Crippen molar-refractivity contribution in [2.24, 2.45) is 0 Å². The molecule has 16 nitrogen and oxygen atoms in total. The maximum atomic E-state index is 11.1. The zero-order valence-corrected chi connectivity index (χ0v) is 40.2. The minimum absolute atomic E-state index is 0.00357. The van der Waals surface area contributed by atoms with Crippen molar-refractivity contribution in [1.82, 2.24) is 0 Å². The van der Waals surface area contributed by atoms with Crippen LogP contribution in [0, 0.1) is 0 Å². The van der Waals surface area contributed by atoms with Gasteiger partial charge in [0.1, 0.15) is 84.3 Å². The fraction of sp³-hybridized carbons (Fsp3) is 0.556. The van der Waals surface area contributed by atoms with Gasteiger partial charge in [0.15, 0.2) is 24.8 Å². The molecule has 70 heavy (non-hydrogen) atoms. The van der Waals surface area contributed by atoms with Crippen molar-refractivity contribution in [3.05, 3.63) is 97.1 Å². The Labute approximate surface area is 410 Å². The minimum atomic E-state index is -1.29. The van der Waals surface area contributed by atoms with Crippen LogP contribution in [0.25, 0.3) is 0 Å². The molecule has 2 aliphatic carbocycles. The molecule has 0 amide bonds. The van der Waals surface area contributed by atoms with Crippen molar-refractivity contribution in [2.75, 3.05) is 63.4 Å². The second-order valence-corrected chi connectivity index (χ2v) is 19.0. The van der Waals surface area contributed by atoms with E-state index in [9.17, 15) is 20.4 Å². The van der Waals surface area contributed by atoms with E-state index in [0.29, 0.717) is 23.0 Å². The smallest absolute Gasteiger partial charge is 0.197 e. The molecule has 10 atom stereocenters. The Bertz CT molecular complexity index is 2010. The summed E-state index contributed by atoms with van der Waals surface area (Å²) in [7, 11) is 2.95. The average molecular weight is 971 g/mol. The number of rotatable bonds is 18. The third-order valence-corrected chi connectivity index (χ3v) is 14.2. The number of hydrogen-bond donors (Lipinski definition) is 4. The van der Waals surface area contributed by atoms with Gasteiger partial charge in [-0.3, -0.25) is 0 Å². The summed E-state index contributed by atoms with van der Waals surface area (Å²) in [4.78, 5) is 4.64. The highest BCUT2D eigenvalue weighted by atomic mass is 16.7. The van der Waals surface area contributed by atoms with Gasteiger partial charge in [0.25, 0.3) is 0 Å². The van der Waals surface area contributed by atoms with E-state index in [4.69, 9.17) is 47.4 Å².